The Morgan fingerprint density at radius 2 is 2.35 bits per heavy atom. The summed E-state index contributed by atoms with van der Waals surface area (Å²) in [6.45, 7) is 2.83. The Hall–Kier alpha value is -1.53. The monoisotopic (exact) mass is 230 g/mol. The van der Waals surface area contributed by atoms with Gasteiger partial charge in [0.2, 0.25) is 0 Å². The van der Waals surface area contributed by atoms with Gasteiger partial charge in [0, 0.05) is 12.5 Å². The Kier molecular flexibility index (Phi) is 3.65. The van der Waals surface area contributed by atoms with Crippen LogP contribution in [-0.2, 0) is 6.42 Å². The van der Waals surface area contributed by atoms with Gasteiger partial charge in [-0.2, -0.15) is 5.26 Å². The number of rotatable bonds is 4. The van der Waals surface area contributed by atoms with Crippen LogP contribution in [0.5, 0.6) is 5.75 Å². The summed E-state index contributed by atoms with van der Waals surface area (Å²) < 4.78 is 5.49. The zero-order chi connectivity index (χ0) is 12.3. The lowest BCUT2D eigenvalue weighted by molar-refractivity contribution is 0.356. The molecule has 0 saturated carbocycles. The molecule has 17 heavy (non-hydrogen) atoms. The van der Waals surface area contributed by atoms with Crippen LogP contribution in [0.1, 0.15) is 30.5 Å². The minimum atomic E-state index is 0.0142. The van der Waals surface area contributed by atoms with Gasteiger partial charge in [-0.3, -0.25) is 0 Å². The summed E-state index contributed by atoms with van der Waals surface area (Å²) in [6, 6.07) is 8.73. The second kappa shape index (κ2) is 5.20. The summed E-state index contributed by atoms with van der Waals surface area (Å²) in [7, 11) is 1.91. The normalized spacial score (nSPS) is 16.8. The van der Waals surface area contributed by atoms with Crippen molar-refractivity contribution < 1.29 is 4.74 Å². The second-order valence-corrected chi connectivity index (χ2v) is 4.38. The maximum atomic E-state index is 9.17. The van der Waals surface area contributed by atoms with Crippen LogP contribution in [0, 0.1) is 17.2 Å². The number of hydrogen-bond acceptors (Lipinski definition) is 3. The molecule has 1 aromatic carbocycles. The molecule has 2 unspecified atom stereocenters. The minimum absolute atomic E-state index is 0.0142. The fraction of sp³-hybridized carbons (Fsp3) is 0.500. The zero-order valence-electron chi connectivity index (χ0n) is 10.4. The van der Waals surface area contributed by atoms with Crippen LogP contribution in [0.2, 0.25) is 0 Å². The molecule has 0 radical (unpaired) electrons. The third kappa shape index (κ3) is 2.27. The minimum Gasteiger partial charge on any atom is -0.493 e. The van der Waals surface area contributed by atoms with Crippen LogP contribution < -0.4 is 10.1 Å². The Labute approximate surface area is 102 Å². The second-order valence-electron chi connectivity index (χ2n) is 4.38. The first-order chi connectivity index (χ1) is 8.30. The largest absolute Gasteiger partial charge is 0.493 e. The van der Waals surface area contributed by atoms with E-state index in [0.717, 1.165) is 25.2 Å². The predicted molar refractivity (Wildman–Crippen MR) is 66.8 cm³/mol. The van der Waals surface area contributed by atoms with Crippen molar-refractivity contribution in [3.63, 3.8) is 0 Å². The van der Waals surface area contributed by atoms with E-state index in [1.807, 2.05) is 13.1 Å². The standard InChI is InChI=1S/C14H18N2O/c1-3-10(9-15)14(16-2)12-4-5-13-11(8-12)6-7-17-13/h4-5,8,10,14,16H,3,6-7H2,1-2H3. The zero-order valence-corrected chi connectivity index (χ0v) is 10.4. The Balaban J connectivity index is 2.29. The van der Waals surface area contributed by atoms with E-state index < -0.39 is 0 Å². The number of nitrogens with zero attached hydrogens (tertiary/aromatic N) is 1. The molecule has 3 heteroatoms. The molecule has 2 rings (SSSR count). The van der Waals surface area contributed by atoms with Crippen molar-refractivity contribution in [1.29, 1.82) is 5.26 Å². The van der Waals surface area contributed by atoms with Gasteiger partial charge in [-0.1, -0.05) is 19.1 Å². The predicted octanol–water partition coefficient (Wildman–Crippen LogP) is 2.43. The van der Waals surface area contributed by atoms with Gasteiger partial charge < -0.3 is 10.1 Å². The molecule has 1 aromatic rings. The lowest BCUT2D eigenvalue weighted by Crippen LogP contribution is -2.24. The van der Waals surface area contributed by atoms with E-state index in [0.29, 0.717) is 0 Å². The summed E-state index contributed by atoms with van der Waals surface area (Å²) in [4.78, 5) is 0. The van der Waals surface area contributed by atoms with Crippen molar-refractivity contribution in [3.8, 4) is 11.8 Å². The molecule has 3 nitrogen and oxygen atoms in total. The first-order valence-electron chi connectivity index (χ1n) is 6.12. The number of benzene rings is 1. The van der Waals surface area contributed by atoms with Gasteiger partial charge in [0.25, 0.3) is 0 Å². The van der Waals surface area contributed by atoms with Gasteiger partial charge in [-0.05, 0) is 30.7 Å². The maximum absolute atomic E-state index is 9.17. The molecule has 0 bridgehead atoms. The highest BCUT2D eigenvalue weighted by Crippen LogP contribution is 2.31. The Morgan fingerprint density at radius 1 is 1.53 bits per heavy atom. The third-order valence-electron chi connectivity index (χ3n) is 3.39. The van der Waals surface area contributed by atoms with E-state index in [1.165, 1.54) is 11.1 Å². The van der Waals surface area contributed by atoms with Crippen molar-refractivity contribution in [1.82, 2.24) is 5.32 Å². The summed E-state index contributed by atoms with van der Waals surface area (Å²) in [5.74, 6) is 1.01. The quantitative estimate of drug-likeness (QED) is 0.864. The van der Waals surface area contributed by atoms with Gasteiger partial charge in [-0.25, -0.2) is 0 Å². The van der Waals surface area contributed by atoms with E-state index in [1.54, 1.807) is 0 Å². The SMILES string of the molecule is CCC(C#N)C(NC)c1ccc2c(c1)CCO2. The number of fused-ring (bicyclic) bond motifs is 1. The average molecular weight is 230 g/mol. The molecule has 90 valence electrons. The number of nitriles is 1. The van der Waals surface area contributed by atoms with Gasteiger partial charge in [0.1, 0.15) is 5.75 Å². The van der Waals surface area contributed by atoms with E-state index in [-0.39, 0.29) is 12.0 Å². The van der Waals surface area contributed by atoms with E-state index >= 15 is 0 Å². The average Bonchev–Trinajstić information content (AvgIpc) is 2.82. The fourth-order valence-electron chi connectivity index (χ4n) is 2.40. The van der Waals surface area contributed by atoms with Crippen LogP contribution >= 0.6 is 0 Å². The molecule has 1 N–H and O–H groups in total. The van der Waals surface area contributed by atoms with Crippen molar-refractivity contribution in [2.24, 2.45) is 5.92 Å². The Bertz CT molecular complexity index is 436. The van der Waals surface area contributed by atoms with Crippen LogP contribution in [0.3, 0.4) is 0 Å². The molecule has 0 spiro atoms. The first-order valence-corrected chi connectivity index (χ1v) is 6.12. The van der Waals surface area contributed by atoms with Gasteiger partial charge in [0.15, 0.2) is 0 Å². The number of hydrogen-bond donors (Lipinski definition) is 1. The van der Waals surface area contributed by atoms with Crippen molar-refractivity contribution >= 4 is 0 Å². The van der Waals surface area contributed by atoms with Gasteiger partial charge in [0.05, 0.1) is 18.6 Å². The first kappa shape index (κ1) is 11.9. The number of nitrogens with one attached hydrogen (secondary N) is 1. The van der Waals surface area contributed by atoms with E-state index in [9.17, 15) is 0 Å². The molecule has 0 aromatic heterocycles. The summed E-state index contributed by atoms with van der Waals surface area (Å²) in [5, 5.41) is 12.4. The lowest BCUT2D eigenvalue weighted by Gasteiger charge is -2.21. The number of ether oxygens (including phenoxy) is 1. The van der Waals surface area contributed by atoms with Crippen molar-refractivity contribution in [2.75, 3.05) is 13.7 Å². The van der Waals surface area contributed by atoms with E-state index in [4.69, 9.17) is 10.00 Å². The molecular formula is C14H18N2O. The molecule has 2 atom stereocenters. The van der Waals surface area contributed by atoms with Crippen molar-refractivity contribution in [3.05, 3.63) is 29.3 Å². The lowest BCUT2D eigenvalue weighted by atomic mass is 9.91. The third-order valence-corrected chi connectivity index (χ3v) is 3.39. The Morgan fingerprint density at radius 3 is 3.00 bits per heavy atom. The van der Waals surface area contributed by atoms with Crippen LogP contribution in [0.25, 0.3) is 0 Å². The smallest absolute Gasteiger partial charge is 0.122 e. The molecule has 0 aliphatic carbocycles. The van der Waals surface area contributed by atoms with Crippen LogP contribution in [0.15, 0.2) is 18.2 Å². The highest BCUT2D eigenvalue weighted by molar-refractivity contribution is 5.41. The summed E-state index contributed by atoms with van der Waals surface area (Å²) in [5.41, 5.74) is 2.45. The molecule has 1 aliphatic rings. The van der Waals surface area contributed by atoms with Gasteiger partial charge in [-0.15, -0.1) is 0 Å². The molecule has 0 amide bonds. The van der Waals surface area contributed by atoms with Crippen LogP contribution in [0.4, 0.5) is 0 Å². The fourth-order valence-corrected chi connectivity index (χ4v) is 2.40. The molecule has 0 saturated heterocycles. The molecular weight excluding hydrogens is 212 g/mol. The molecule has 0 fully saturated rings. The van der Waals surface area contributed by atoms with Crippen LogP contribution in [-0.4, -0.2) is 13.7 Å². The van der Waals surface area contributed by atoms with E-state index in [2.05, 4.69) is 30.4 Å². The van der Waals surface area contributed by atoms with Gasteiger partial charge >= 0.3 is 0 Å². The maximum Gasteiger partial charge on any atom is 0.122 e. The summed E-state index contributed by atoms with van der Waals surface area (Å²) in [6.07, 6.45) is 1.83. The highest BCUT2D eigenvalue weighted by Gasteiger charge is 2.22. The molecule has 1 heterocycles. The topological polar surface area (TPSA) is 45.0 Å². The highest BCUT2D eigenvalue weighted by atomic mass is 16.5. The summed E-state index contributed by atoms with van der Waals surface area (Å²) >= 11 is 0. The van der Waals surface area contributed by atoms with Crippen molar-refractivity contribution in [2.45, 2.75) is 25.8 Å². The molecule has 1 aliphatic heterocycles.